The molecule has 0 saturated carbocycles. The summed E-state index contributed by atoms with van der Waals surface area (Å²) in [7, 11) is 0. The summed E-state index contributed by atoms with van der Waals surface area (Å²) in [5, 5.41) is 15.2. The lowest BCUT2D eigenvalue weighted by Gasteiger charge is -2.25. The molecule has 0 heteroatoms. The van der Waals surface area contributed by atoms with Crippen LogP contribution in [0.4, 0.5) is 0 Å². The Kier molecular flexibility index (Phi) is 12.3. The van der Waals surface area contributed by atoms with Gasteiger partial charge < -0.3 is 0 Å². The molecule has 0 amide bonds. The predicted octanol–water partition coefficient (Wildman–Crippen LogP) is 27.2. The topological polar surface area (TPSA) is 0 Å². The van der Waals surface area contributed by atoms with Crippen LogP contribution in [-0.2, 0) is 16.2 Å². The molecule has 20 rings (SSSR count). The van der Waals surface area contributed by atoms with E-state index in [1.165, 1.54) is 209 Å². The number of rotatable bonds is 7. The molecule has 0 fully saturated rings. The molecule has 3 aliphatic rings. The molecule has 0 spiro atoms. The summed E-state index contributed by atoms with van der Waals surface area (Å²) in [6.07, 6.45) is 0. The van der Waals surface area contributed by atoms with Crippen LogP contribution in [0.1, 0.15) is 74.9 Å². The van der Waals surface area contributed by atoms with E-state index >= 15 is 0 Å². The molecule has 0 aliphatic heterocycles. The van der Waals surface area contributed by atoms with Crippen molar-refractivity contribution >= 4 is 64.6 Å². The average Bonchev–Trinajstić information content (AvgIpc) is 1.41. The fourth-order valence-corrected chi connectivity index (χ4v) is 18.7. The zero-order chi connectivity index (χ0) is 66.2. The second-order valence-corrected chi connectivity index (χ2v) is 29.7. The molecule has 0 unspecified atom stereocenters. The smallest absolute Gasteiger partial charge is 0.0159 e. The van der Waals surface area contributed by atoms with E-state index in [9.17, 15) is 0 Å². The second kappa shape index (κ2) is 21.2. The second-order valence-electron chi connectivity index (χ2n) is 29.7. The van der Waals surface area contributed by atoms with Crippen molar-refractivity contribution in [3.05, 3.63) is 349 Å². The minimum absolute atomic E-state index is 0.110. The summed E-state index contributed by atoms with van der Waals surface area (Å²) in [5.41, 5.74) is 33.2. The van der Waals surface area contributed by atoms with Crippen LogP contribution in [0, 0.1) is 0 Å². The van der Waals surface area contributed by atoms with Gasteiger partial charge in [-0.3, -0.25) is 0 Å². The Morgan fingerprint density at radius 2 is 0.404 bits per heavy atom. The third-order valence-corrected chi connectivity index (χ3v) is 23.4. The van der Waals surface area contributed by atoms with Gasteiger partial charge in [0.25, 0.3) is 0 Å². The van der Waals surface area contributed by atoms with Gasteiger partial charge in [0.1, 0.15) is 0 Å². The van der Waals surface area contributed by atoms with Gasteiger partial charge in [-0.05, 0) is 240 Å². The molecule has 17 aromatic rings. The van der Waals surface area contributed by atoms with E-state index in [-0.39, 0.29) is 16.2 Å². The molecule has 0 bridgehead atoms. The van der Waals surface area contributed by atoms with Crippen LogP contribution in [-0.4, -0.2) is 0 Å². The lowest BCUT2D eigenvalue weighted by molar-refractivity contribution is 0.660. The third-order valence-electron chi connectivity index (χ3n) is 23.4. The first-order valence-electron chi connectivity index (χ1n) is 35.2. The number of hydrogen-bond acceptors (Lipinski definition) is 0. The highest BCUT2D eigenvalue weighted by molar-refractivity contribution is 6.30. The van der Waals surface area contributed by atoms with Crippen LogP contribution in [0.15, 0.2) is 315 Å². The molecule has 0 N–H and O–H groups in total. The van der Waals surface area contributed by atoms with E-state index in [4.69, 9.17) is 0 Å². The molecule has 0 aromatic heterocycles. The summed E-state index contributed by atoms with van der Waals surface area (Å²) in [5.74, 6) is 0. The zero-order valence-corrected chi connectivity index (χ0v) is 56.5. The molecule has 0 heterocycles. The zero-order valence-electron chi connectivity index (χ0n) is 56.5. The summed E-state index contributed by atoms with van der Waals surface area (Å²) < 4.78 is 0. The van der Waals surface area contributed by atoms with Crippen molar-refractivity contribution in [3.8, 4) is 111 Å². The fourth-order valence-electron chi connectivity index (χ4n) is 18.7. The monoisotopic (exact) mass is 1260 g/mol. The minimum atomic E-state index is -0.267. The maximum Gasteiger partial charge on any atom is 0.0159 e. The summed E-state index contributed by atoms with van der Waals surface area (Å²) in [4.78, 5) is 0. The van der Waals surface area contributed by atoms with Gasteiger partial charge in [-0.25, -0.2) is 0 Å². The lowest BCUT2D eigenvalue weighted by atomic mass is 9.78. The van der Waals surface area contributed by atoms with Crippen molar-refractivity contribution in [1.29, 1.82) is 0 Å². The average molecular weight is 1260 g/mol. The van der Waals surface area contributed by atoms with Gasteiger partial charge in [0.15, 0.2) is 0 Å². The normalized spacial score (nSPS) is 14.2. The maximum absolute atomic E-state index is 2.54. The number of fused-ring (bicyclic) bond motifs is 15. The first-order chi connectivity index (χ1) is 48.4. The maximum atomic E-state index is 2.54. The Hall–Kier alpha value is -11.7. The van der Waals surface area contributed by atoms with Crippen LogP contribution >= 0.6 is 0 Å². The molecule has 0 radical (unpaired) electrons. The van der Waals surface area contributed by atoms with Crippen molar-refractivity contribution in [3.63, 3.8) is 0 Å². The first-order valence-corrected chi connectivity index (χ1v) is 35.2. The van der Waals surface area contributed by atoms with Gasteiger partial charge in [-0.1, -0.05) is 327 Å². The Balaban J connectivity index is 0.676. The van der Waals surface area contributed by atoms with Crippen molar-refractivity contribution in [1.82, 2.24) is 0 Å². The van der Waals surface area contributed by atoms with Crippen LogP contribution in [0.2, 0.25) is 0 Å². The molecule has 17 aromatic carbocycles. The largest absolute Gasteiger partial charge is 0.0622 e. The van der Waals surface area contributed by atoms with E-state index in [2.05, 4.69) is 357 Å². The summed E-state index contributed by atoms with van der Waals surface area (Å²) in [6.45, 7) is 14.5. The minimum Gasteiger partial charge on any atom is -0.0622 e. The molecule has 0 nitrogen and oxygen atoms in total. The molecule has 3 aliphatic carbocycles. The predicted molar refractivity (Wildman–Crippen MR) is 422 cm³/mol. The van der Waals surface area contributed by atoms with Gasteiger partial charge in [-0.15, -0.1) is 0 Å². The Morgan fingerprint density at radius 1 is 0.152 bits per heavy atom. The highest BCUT2D eigenvalue weighted by Crippen LogP contribution is 2.58. The Labute approximate surface area is 578 Å². The van der Waals surface area contributed by atoms with E-state index < -0.39 is 0 Å². The van der Waals surface area contributed by atoms with E-state index in [1.807, 2.05) is 0 Å². The molecular formula is C99H70. The van der Waals surface area contributed by atoms with E-state index in [1.54, 1.807) is 0 Å². The third kappa shape index (κ3) is 8.21. The van der Waals surface area contributed by atoms with Crippen molar-refractivity contribution in [2.45, 2.75) is 57.8 Å². The van der Waals surface area contributed by atoms with Gasteiger partial charge in [0.2, 0.25) is 0 Å². The number of benzene rings is 17. The van der Waals surface area contributed by atoms with Crippen molar-refractivity contribution < 1.29 is 0 Å². The highest BCUT2D eigenvalue weighted by Gasteiger charge is 2.40. The molecule has 466 valence electrons. The standard InChI is InChI=1S/C99H70/c1-97(2)84-43-24-23-30-67(84)68-51-46-63(56-87(68)97)91-74-32-14-19-37-79(74)95(80-38-20-15-33-75(80)91)96-81-39-21-16-34-76(81)92(77-35-17-22-40-82(77)96)64-47-52-71-69-49-44-61(54-85(69)98(3,4)88(71)57-64)62-45-50-70-72-53-48-65(58-89(72)99(5,6)86(70)55-62)93-78-36-18-13-31-73(78)90(60-28-11-8-12-29-60)83-42-25-41-66(94(83)93)59-26-9-7-10-27-59/h7-58H,1-6H3. The van der Waals surface area contributed by atoms with Gasteiger partial charge in [-0.2, -0.15) is 0 Å². The summed E-state index contributed by atoms with van der Waals surface area (Å²) in [6, 6.07) is 120. The highest BCUT2D eigenvalue weighted by atomic mass is 14.4. The van der Waals surface area contributed by atoms with Crippen molar-refractivity contribution in [2.24, 2.45) is 0 Å². The SMILES string of the molecule is CC1(C)c2ccccc2-c2ccc(-c3c4ccccc4c(-c4c5ccccc5c(-c5ccc6c(c5)C(C)(C)c5cc(-c7ccc8c(c7)C(C)(C)c7cc(-c9c%10ccccc%10c(-c%10ccccc%10)c%10cccc(-c%11ccccc%11)c9%10)ccc7-8)ccc5-6)c5ccccc45)c4ccccc34)cc21. The molecule has 0 saturated heterocycles. The molecule has 99 heavy (non-hydrogen) atoms. The van der Waals surface area contributed by atoms with Crippen LogP contribution in [0.5, 0.6) is 0 Å². The summed E-state index contributed by atoms with van der Waals surface area (Å²) >= 11 is 0. The van der Waals surface area contributed by atoms with Gasteiger partial charge >= 0.3 is 0 Å². The van der Waals surface area contributed by atoms with Gasteiger partial charge in [0, 0.05) is 16.2 Å². The number of hydrogen-bond donors (Lipinski definition) is 0. The molecular weight excluding hydrogens is 1190 g/mol. The first kappa shape index (κ1) is 57.5. The van der Waals surface area contributed by atoms with E-state index in [0.717, 1.165) is 0 Å². The Morgan fingerprint density at radius 3 is 0.798 bits per heavy atom. The van der Waals surface area contributed by atoms with Crippen LogP contribution in [0.3, 0.4) is 0 Å². The Bertz CT molecular complexity index is 6230. The fraction of sp³-hybridized carbons (Fsp3) is 0.0909. The van der Waals surface area contributed by atoms with Crippen molar-refractivity contribution in [2.75, 3.05) is 0 Å². The lowest BCUT2D eigenvalue weighted by Crippen LogP contribution is -2.15. The molecule has 0 atom stereocenters. The quantitative estimate of drug-likeness (QED) is 0.140. The van der Waals surface area contributed by atoms with Crippen LogP contribution in [0.25, 0.3) is 176 Å². The van der Waals surface area contributed by atoms with E-state index in [0.29, 0.717) is 0 Å². The van der Waals surface area contributed by atoms with Gasteiger partial charge in [0.05, 0.1) is 0 Å². The van der Waals surface area contributed by atoms with Crippen LogP contribution < -0.4 is 0 Å².